The number of thioether (sulfide) groups is 1. The van der Waals surface area contributed by atoms with Gasteiger partial charge in [-0.1, -0.05) is 29.8 Å². The van der Waals surface area contributed by atoms with E-state index >= 15 is 0 Å². The van der Waals surface area contributed by atoms with Gasteiger partial charge in [-0.15, -0.1) is 23.1 Å². The lowest BCUT2D eigenvalue weighted by Gasteiger charge is -2.04. The quantitative estimate of drug-likeness (QED) is 0.463. The first-order chi connectivity index (χ1) is 13.0. The van der Waals surface area contributed by atoms with Crippen molar-refractivity contribution in [3.8, 4) is 16.9 Å². The lowest BCUT2D eigenvalue weighted by molar-refractivity contribution is 0.475. The van der Waals surface area contributed by atoms with E-state index in [4.69, 9.17) is 0 Å². The summed E-state index contributed by atoms with van der Waals surface area (Å²) in [5.41, 5.74) is 3.11. The molecular weight excluding hydrogens is 376 g/mol. The number of benzene rings is 2. The third-order valence-electron chi connectivity index (χ3n) is 4.34. The molecule has 0 atom stereocenters. The minimum atomic E-state index is -0.0961. The van der Waals surface area contributed by atoms with Crippen LogP contribution in [0.2, 0.25) is 0 Å². The molecule has 27 heavy (non-hydrogen) atoms. The average molecular weight is 395 g/mol. The van der Waals surface area contributed by atoms with Gasteiger partial charge in [-0.2, -0.15) is 0 Å². The number of phenolic OH excluding ortho intramolecular Hbond substituents is 1. The second kappa shape index (κ2) is 7.21. The number of nitrogens with zero attached hydrogens (tertiary/aromatic N) is 1. The van der Waals surface area contributed by atoms with Gasteiger partial charge in [0, 0.05) is 15.3 Å². The van der Waals surface area contributed by atoms with Crippen LogP contribution >= 0.6 is 23.1 Å². The van der Waals surface area contributed by atoms with Crippen LogP contribution in [0.4, 0.5) is 0 Å². The maximum absolute atomic E-state index is 12.8. The number of aromatic nitrogens is 2. The first kappa shape index (κ1) is 17.8. The fraction of sp³-hybridized carbons (Fsp3) is 0.143. The Morgan fingerprint density at radius 2 is 1.78 bits per heavy atom. The van der Waals surface area contributed by atoms with Crippen molar-refractivity contribution in [3.63, 3.8) is 0 Å². The van der Waals surface area contributed by atoms with E-state index in [1.807, 2.05) is 19.1 Å². The molecule has 0 aliphatic rings. The Balaban J connectivity index is 1.69. The van der Waals surface area contributed by atoms with Gasteiger partial charge in [0.1, 0.15) is 16.4 Å². The van der Waals surface area contributed by atoms with Crippen LogP contribution in [0.5, 0.6) is 5.75 Å². The van der Waals surface area contributed by atoms with Gasteiger partial charge in [-0.3, -0.25) is 4.79 Å². The molecule has 0 radical (unpaired) electrons. The molecule has 0 amide bonds. The third kappa shape index (κ3) is 3.63. The monoisotopic (exact) mass is 394 g/mol. The van der Waals surface area contributed by atoms with Crippen molar-refractivity contribution in [3.05, 3.63) is 75.1 Å². The Kier molecular flexibility index (Phi) is 4.76. The van der Waals surface area contributed by atoms with Gasteiger partial charge in [0.15, 0.2) is 0 Å². The molecule has 6 heteroatoms. The molecule has 2 N–H and O–H groups in total. The molecule has 4 aromatic rings. The van der Waals surface area contributed by atoms with Crippen LogP contribution in [0.25, 0.3) is 21.3 Å². The van der Waals surface area contributed by atoms with Gasteiger partial charge >= 0.3 is 0 Å². The maximum Gasteiger partial charge on any atom is 0.260 e. The Morgan fingerprint density at radius 1 is 1.07 bits per heavy atom. The van der Waals surface area contributed by atoms with Crippen molar-refractivity contribution in [2.24, 2.45) is 0 Å². The molecule has 136 valence electrons. The molecule has 2 aromatic heterocycles. The molecule has 2 heterocycles. The minimum absolute atomic E-state index is 0.0961. The Hall–Kier alpha value is -2.57. The molecule has 0 aliphatic heterocycles. The fourth-order valence-corrected chi connectivity index (χ4v) is 4.83. The van der Waals surface area contributed by atoms with E-state index in [0.717, 1.165) is 25.7 Å². The number of H-pyrrole nitrogens is 1. The minimum Gasteiger partial charge on any atom is -0.508 e. The van der Waals surface area contributed by atoms with Crippen molar-refractivity contribution in [1.82, 2.24) is 9.97 Å². The molecular formula is C21H18N2O2S2. The van der Waals surface area contributed by atoms with E-state index in [2.05, 4.69) is 41.2 Å². The summed E-state index contributed by atoms with van der Waals surface area (Å²) in [6, 6.07) is 15.2. The summed E-state index contributed by atoms with van der Waals surface area (Å²) >= 11 is 3.13. The number of hydrogen-bond acceptors (Lipinski definition) is 5. The number of hydrogen-bond donors (Lipinski definition) is 2. The molecule has 0 spiro atoms. The van der Waals surface area contributed by atoms with E-state index < -0.39 is 0 Å². The number of rotatable bonds is 4. The SMILES string of the molecule is Cc1ccc(-c2c(C)sc3nc(CSc4ccc(O)cc4)[nH]c(=O)c23)cc1. The van der Waals surface area contributed by atoms with Crippen LogP contribution in [0.3, 0.4) is 0 Å². The third-order valence-corrected chi connectivity index (χ3v) is 6.36. The largest absolute Gasteiger partial charge is 0.508 e. The summed E-state index contributed by atoms with van der Waals surface area (Å²) in [6.07, 6.45) is 0. The fourth-order valence-electron chi connectivity index (χ4n) is 2.99. The van der Waals surface area contributed by atoms with Crippen LogP contribution in [-0.2, 0) is 5.75 Å². The van der Waals surface area contributed by atoms with Gasteiger partial charge in [-0.25, -0.2) is 4.98 Å². The van der Waals surface area contributed by atoms with E-state index in [1.54, 1.807) is 35.2 Å². The molecule has 0 saturated heterocycles. The summed E-state index contributed by atoms with van der Waals surface area (Å²) in [5.74, 6) is 1.46. The molecule has 0 fully saturated rings. The number of aromatic hydroxyl groups is 1. The number of fused-ring (bicyclic) bond motifs is 1. The number of aromatic amines is 1. The zero-order chi connectivity index (χ0) is 19.0. The van der Waals surface area contributed by atoms with Crippen molar-refractivity contribution >= 4 is 33.3 Å². The smallest absolute Gasteiger partial charge is 0.260 e. The van der Waals surface area contributed by atoms with Crippen LogP contribution in [0.1, 0.15) is 16.3 Å². The zero-order valence-corrected chi connectivity index (χ0v) is 16.6. The predicted octanol–water partition coefficient (Wildman–Crippen LogP) is 5.27. The summed E-state index contributed by atoms with van der Waals surface area (Å²) in [6.45, 7) is 4.08. The van der Waals surface area contributed by atoms with Gasteiger partial charge in [-0.05, 0) is 43.7 Å². The molecule has 4 rings (SSSR count). The highest BCUT2D eigenvalue weighted by atomic mass is 32.2. The molecule has 0 saturated carbocycles. The van der Waals surface area contributed by atoms with Gasteiger partial charge < -0.3 is 10.1 Å². The molecule has 4 nitrogen and oxygen atoms in total. The first-order valence-corrected chi connectivity index (χ1v) is 10.3. The van der Waals surface area contributed by atoms with Gasteiger partial charge in [0.2, 0.25) is 0 Å². The Morgan fingerprint density at radius 3 is 2.48 bits per heavy atom. The van der Waals surface area contributed by atoms with Gasteiger partial charge in [0.05, 0.1) is 11.1 Å². The topological polar surface area (TPSA) is 66.0 Å². The van der Waals surface area contributed by atoms with E-state index in [0.29, 0.717) is 17.0 Å². The highest BCUT2D eigenvalue weighted by Gasteiger charge is 2.16. The Bertz CT molecular complexity index is 1160. The molecule has 0 unspecified atom stereocenters. The molecule has 0 aliphatic carbocycles. The summed E-state index contributed by atoms with van der Waals surface area (Å²) in [7, 11) is 0. The normalized spacial score (nSPS) is 11.2. The van der Waals surface area contributed by atoms with E-state index in [9.17, 15) is 9.90 Å². The van der Waals surface area contributed by atoms with Gasteiger partial charge in [0.25, 0.3) is 5.56 Å². The van der Waals surface area contributed by atoms with Crippen molar-refractivity contribution in [2.75, 3.05) is 0 Å². The Labute approximate surface area is 164 Å². The zero-order valence-electron chi connectivity index (χ0n) is 14.9. The van der Waals surface area contributed by atoms with Crippen molar-refractivity contribution in [1.29, 1.82) is 0 Å². The van der Waals surface area contributed by atoms with Crippen LogP contribution in [0.15, 0.2) is 58.2 Å². The second-order valence-corrected chi connectivity index (χ2v) is 8.63. The van der Waals surface area contributed by atoms with E-state index in [-0.39, 0.29) is 11.3 Å². The van der Waals surface area contributed by atoms with Crippen molar-refractivity contribution < 1.29 is 5.11 Å². The van der Waals surface area contributed by atoms with Crippen molar-refractivity contribution in [2.45, 2.75) is 24.5 Å². The first-order valence-electron chi connectivity index (χ1n) is 8.52. The second-order valence-electron chi connectivity index (χ2n) is 6.37. The number of phenols is 1. The highest BCUT2D eigenvalue weighted by Crippen LogP contribution is 2.36. The predicted molar refractivity (Wildman–Crippen MR) is 113 cm³/mol. The van der Waals surface area contributed by atoms with E-state index in [1.165, 1.54) is 5.56 Å². The van der Waals surface area contributed by atoms with Crippen LogP contribution < -0.4 is 5.56 Å². The standard InChI is InChI=1S/C21H18N2O2S2/c1-12-3-5-14(6-4-12)18-13(2)27-21-19(18)20(25)22-17(23-21)11-26-16-9-7-15(24)8-10-16/h3-10,24H,11H2,1-2H3,(H,22,23,25). The average Bonchev–Trinajstić information content (AvgIpc) is 2.98. The maximum atomic E-state index is 12.8. The van der Waals surface area contributed by atoms with Crippen LogP contribution in [0, 0.1) is 13.8 Å². The summed E-state index contributed by atoms with van der Waals surface area (Å²) in [5, 5.41) is 10.0. The van der Waals surface area contributed by atoms with Crippen LogP contribution in [-0.4, -0.2) is 15.1 Å². The molecule has 0 bridgehead atoms. The number of nitrogens with one attached hydrogen (secondary N) is 1. The number of aryl methyl sites for hydroxylation is 2. The summed E-state index contributed by atoms with van der Waals surface area (Å²) in [4.78, 5) is 23.3. The number of thiophene rings is 1. The summed E-state index contributed by atoms with van der Waals surface area (Å²) < 4.78 is 0. The lowest BCUT2D eigenvalue weighted by Crippen LogP contribution is -2.10. The highest BCUT2D eigenvalue weighted by molar-refractivity contribution is 7.98. The molecule has 2 aromatic carbocycles. The lowest BCUT2D eigenvalue weighted by atomic mass is 10.0.